The maximum absolute atomic E-state index is 11.0. The zero-order valence-electron chi connectivity index (χ0n) is 8.10. The van der Waals surface area contributed by atoms with Crippen LogP contribution in [0.1, 0.15) is 30.7 Å². The molecule has 1 unspecified atom stereocenters. The Morgan fingerprint density at radius 3 is 3.07 bits per heavy atom. The van der Waals surface area contributed by atoms with E-state index in [9.17, 15) is 9.90 Å². The zero-order valence-corrected chi connectivity index (χ0v) is 8.92. The third-order valence-electron chi connectivity index (χ3n) is 1.80. The van der Waals surface area contributed by atoms with Gasteiger partial charge in [0.05, 0.1) is 12.7 Å². The monoisotopic (exact) mass is 214 g/mol. The van der Waals surface area contributed by atoms with E-state index in [4.69, 9.17) is 4.74 Å². The lowest BCUT2D eigenvalue weighted by atomic mass is 10.2. The molecular weight excluding hydrogens is 200 g/mol. The number of esters is 1. The lowest BCUT2D eigenvalue weighted by Gasteiger charge is -2.07. The van der Waals surface area contributed by atoms with Crippen molar-refractivity contribution in [3.05, 3.63) is 22.4 Å². The van der Waals surface area contributed by atoms with Crippen LogP contribution in [-0.2, 0) is 9.53 Å². The molecule has 1 aromatic heterocycles. The van der Waals surface area contributed by atoms with Crippen LogP contribution in [0.4, 0.5) is 0 Å². The molecule has 0 aliphatic carbocycles. The minimum absolute atomic E-state index is 0.247. The van der Waals surface area contributed by atoms with Crippen molar-refractivity contribution < 1.29 is 14.6 Å². The summed E-state index contributed by atoms with van der Waals surface area (Å²) in [7, 11) is 0. The lowest BCUT2D eigenvalue weighted by molar-refractivity contribution is -0.143. The highest BCUT2D eigenvalue weighted by Crippen LogP contribution is 2.22. The maximum atomic E-state index is 11.0. The summed E-state index contributed by atoms with van der Waals surface area (Å²) in [5, 5.41) is 11.5. The molecule has 3 nitrogen and oxygen atoms in total. The summed E-state index contributed by atoms with van der Waals surface area (Å²) in [6.07, 6.45) is 0.158. The summed E-state index contributed by atoms with van der Waals surface area (Å²) in [6.45, 7) is 2.17. The minimum atomic E-state index is -0.542. The first kappa shape index (κ1) is 11.2. The number of thiophene rings is 1. The second kappa shape index (κ2) is 5.78. The number of hydrogen-bond donors (Lipinski definition) is 1. The number of aliphatic hydroxyl groups is 1. The number of rotatable bonds is 5. The van der Waals surface area contributed by atoms with Crippen LogP contribution in [0.15, 0.2) is 17.5 Å². The Labute approximate surface area is 87.3 Å². The van der Waals surface area contributed by atoms with Crippen LogP contribution in [0.3, 0.4) is 0 Å². The van der Waals surface area contributed by atoms with Crippen LogP contribution in [0.25, 0.3) is 0 Å². The standard InChI is InChI=1S/C10H14O3S/c1-2-13-10(12)6-5-8(11)9-4-3-7-14-9/h3-4,7-8,11H,2,5-6H2,1H3. The van der Waals surface area contributed by atoms with Crippen LogP contribution in [0, 0.1) is 0 Å². The van der Waals surface area contributed by atoms with Gasteiger partial charge in [-0.25, -0.2) is 0 Å². The number of hydrogen-bond acceptors (Lipinski definition) is 4. The molecular formula is C10H14O3S. The summed E-state index contributed by atoms with van der Waals surface area (Å²) >= 11 is 1.49. The van der Waals surface area contributed by atoms with E-state index in [1.54, 1.807) is 6.92 Å². The smallest absolute Gasteiger partial charge is 0.305 e. The molecule has 78 valence electrons. The fourth-order valence-corrected chi connectivity index (χ4v) is 1.86. The summed E-state index contributed by atoms with van der Waals surface area (Å²) < 4.78 is 4.76. The number of ether oxygens (including phenoxy) is 1. The Hall–Kier alpha value is -0.870. The third kappa shape index (κ3) is 3.47. The van der Waals surface area contributed by atoms with E-state index in [-0.39, 0.29) is 12.4 Å². The predicted molar refractivity (Wildman–Crippen MR) is 55.1 cm³/mol. The Balaban J connectivity index is 2.28. The second-order valence-electron chi connectivity index (χ2n) is 2.87. The molecule has 0 aliphatic rings. The Bertz CT molecular complexity index is 269. The van der Waals surface area contributed by atoms with E-state index >= 15 is 0 Å². The highest BCUT2D eigenvalue weighted by atomic mass is 32.1. The summed E-state index contributed by atoms with van der Waals surface area (Å²) in [4.78, 5) is 11.9. The second-order valence-corrected chi connectivity index (χ2v) is 3.85. The van der Waals surface area contributed by atoms with Crippen molar-refractivity contribution >= 4 is 17.3 Å². The zero-order chi connectivity index (χ0) is 10.4. The van der Waals surface area contributed by atoms with Gasteiger partial charge in [-0.15, -0.1) is 11.3 Å². The van der Waals surface area contributed by atoms with Crippen LogP contribution in [0.5, 0.6) is 0 Å². The molecule has 1 aromatic rings. The Kier molecular flexibility index (Phi) is 4.62. The molecule has 0 radical (unpaired) electrons. The van der Waals surface area contributed by atoms with Crippen molar-refractivity contribution in [3.63, 3.8) is 0 Å². The number of aliphatic hydroxyl groups excluding tert-OH is 1. The molecule has 4 heteroatoms. The molecule has 0 bridgehead atoms. The van der Waals surface area contributed by atoms with Gasteiger partial charge in [0.1, 0.15) is 0 Å². The number of carbonyl (C=O) groups excluding carboxylic acids is 1. The number of carbonyl (C=O) groups is 1. The summed E-state index contributed by atoms with van der Waals surface area (Å²) in [6, 6.07) is 3.74. The van der Waals surface area contributed by atoms with Crippen molar-refractivity contribution in [1.82, 2.24) is 0 Å². The van der Waals surface area contributed by atoms with Crippen molar-refractivity contribution in [2.75, 3.05) is 6.61 Å². The molecule has 1 atom stereocenters. The minimum Gasteiger partial charge on any atom is -0.466 e. The maximum Gasteiger partial charge on any atom is 0.305 e. The van der Waals surface area contributed by atoms with Gasteiger partial charge in [0, 0.05) is 11.3 Å². The first-order chi connectivity index (χ1) is 6.74. The van der Waals surface area contributed by atoms with E-state index in [0.29, 0.717) is 13.0 Å². The van der Waals surface area contributed by atoms with Gasteiger partial charge in [0.15, 0.2) is 0 Å². The van der Waals surface area contributed by atoms with Crippen LogP contribution in [0.2, 0.25) is 0 Å². The highest BCUT2D eigenvalue weighted by Gasteiger charge is 2.11. The molecule has 0 amide bonds. The van der Waals surface area contributed by atoms with E-state index < -0.39 is 6.10 Å². The Morgan fingerprint density at radius 2 is 2.50 bits per heavy atom. The quantitative estimate of drug-likeness (QED) is 0.764. The summed E-state index contributed by atoms with van der Waals surface area (Å²) in [5.41, 5.74) is 0. The topological polar surface area (TPSA) is 46.5 Å². The molecule has 14 heavy (non-hydrogen) atoms. The normalized spacial score (nSPS) is 12.4. The molecule has 0 fully saturated rings. The first-order valence-corrected chi connectivity index (χ1v) is 5.49. The van der Waals surface area contributed by atoms with E-state index in [1.165, 1.54) is 11.3 Å². The van der Waals surface area contributed by atoms with Crippen molar-refractivity contribution in [2.24, 2.45) is 0 Å². The molecule has 1 N–H and O–H groups in total. The average Bonchev–Trinajstić information content (AvgIpc) is 2.67. The molecule has 0 saturated heterocycles. The predicted octanol–water partition coefficient (Wildman–Crippen LogP) is 2.12. The van der Waals surface area contributed by atoms with Crippen LogP contribution < -0.4 is 0 Å². The van der Waals surface area contributed by atoms with Crippen LogP contribution in [-0.4, -0.2) is 17.7 Å². The average molecular weight is 214 g/mol. The molecule has 1 heterocycles. The van der Waals surface area contributed by atoms with Gasteiger partial charge in [-0.2, -0.15) is 0 Å². The highest BCUT2D eigenvalue weighted by molar-refractivity contribution is 7.10. The van der Waals surface area contributed by atoms with Crippen LogP contribution >= 0.6 is 11.3 Å². The fraction of sp³-hybridized carbons (Fsp3) is 0.500. The van der Waals surface area contributed by atoms with Gasteiger partial charge >= 0.3 is 5.97 Å². The van der Waals surface area contributed by atoms with Crippen molar-refractivity contribution in [1.29, 1.82) is 0 Å². The van der Waals surface area contributed by atoms with Gasteiger partial charge in [-0.3, -0.25) is 4.79 Å². The largest absolute Gasteiger partial charge is 0.466 e. The van der Waals surface area contributed by atoms with E-state index in [0.717, 1.165) is 4.88 Å². The van der Waals surface area contributed by atoms with Gasteiger partial charge in [-0.1, -0.05) is 6.07 Å². The SMILES string of the molecule is CCOC(=O)CCC(O)c1cccs1. The molecule has 0 aliphatic heterocycles. The van der Waals surface area contributed by atoms with Gasteiger partial charge in [0.2, 0.25) is 0 Å². The van der Waals surface area contributed by atoms with Gasteiger partial charge < -0.3 is 9.84 Å². The molecule has 0 aromatic carbocycles. The van der Waals surface area contributed by atoms with Crippen molar-refractivity contribution in [2.45, 2.75) is 25.9 Å². The summed E-state index contributed by atoms with van der Waals surface area (Å²) in [5.74, 6) is -0.247. The molecule has 0 spiro atoms. The van der Waals surface area contributed by atoms with Gasteiger partial charge in [-0.05, 0) is 24.8 Å². The van der Waals surface area contributed by atoms with E-state index in [1.807, 2.05) is 17.5 Å². The van der Waals surface area contributed by atoms with E-state index in [2.05, 4.69) is 0 Å². The first-order valence-electron chi connectivity index (χ1n) is 4.61. The fourth-order valence-electron chi connectivity index (χ4n) is 1.11. The third-order valence-corrected chi connectivity index (χ3v) is 2.77. The molecule has 0 saturated carbocycles. The Morgan fingerprint density at radius 1 is 1.71 bits per heavy atom. The van der Waals surface area contributed by atoms with Gasteiger partial charge in [0.25, 0.3) is 0 Å². The lowest BCUT2D eigenvalue weighted by Crippen LogP contribution is -2.06. The van der Waals surface area contributed by atoms with Crippen molar-refractivity contribution in [3.8, 4) is 0 Å². The molecule has 1 rings (SSSR count).